The normalized spacial score (nSPS) is 13.1. The second kappa shape index (κ2) is 10.3. The van der Waals surface area contributed by atoms with Crippen LogP contribution in [0, 0.1) is 5.41 Å². The van der Waals surface area contributed by atoms with Crippen LogP contribution < -0.4 is 20.5 Å². The number of nitrogens with two attached hydrogens (primary N) is 1. The molecule has 2 atom stereocenters. The minimum absolute atomic E-state index is 0. The molecule has 0 saturated heterocycles. The van der Waals surface area contributed by atoms with Crippen LogP contribution in [-0.4, -0.2) is 19.1 Å². The van der Waals surface area contributed by atoms with Crippen molar-refractivity contribution in [3.63, 3.8) is 0 Å². The molecule has 0 aliphatic heterocycles. The van der Waals surface area contributed by atoms with Gasteiger partial charge in [-0.25, -0.2) is 0 Å². The van der Waals surface area contributed by atoms with Crippen molar-refractivity contribution in [2.24, 2.45) is 11.1 Å². The largest absolute Gasteiger partial charge is 0.493 e. The fourth-order valence-electron chi connectivity index (χ4n) is 2.59. The van der Waals surface area contributed by atoms with Gasteiger partial charge in [-0.3, -0.25) is 4.79 Å². The first-order valence-corrected chi connectivity index (χ1v) is 9.13. The van der Waals surface area contributed by atoms with Gasteiger partial charge in [-0.05, 0) is 35.6 Å². The molecule has 0 radical (unpaired) electrons. The molecule has 0 bridgehead atoms. The number of rotatable bonds is 7. The van der Waals surface area contributed by atoms with E-state index in [4.69, 9.17) is 15.2 Å². The third-order valence-electron chi connectivity index (χ3n) is 4.50. The molecule has 2 rings (SSSR count). The number of amides is 1. The summed E-state index contributed by atoms with van der Waals surface area (Å²) >= 11 is 0. The topological polar surface area (TPSA) is 73.6 Å². The van der Waals surface area contributed by atoms with Crippen molar-refractivity contribution in [2.45, 2.75) is 46.4 Å². The van der Waals surface area contributed by atoms with Crippen LogP contribution in [0.3, 0.4) is 0 Å². The summed E-state index contributed by atoms with van der Waals surface area (Å²) in [5, 5.41) is 2.97. The number of hydrogen-bond donors (Lipinski definition) is 2. The standard InChI is InChI=1S/C22H30N2O3.ClH/c1-15(24-21(25)20(23)22(2,3)4)17-11-12-18(19(13-17)26-5)27-14-16-9-7-6-8-10-16;/h6-13,15,20H,14,23H2,1-5H3,(H,24,25);1H/t15?,20-;/m1./s1. The zero-order valence-electron chi connectivity index (χ0n) is 17.2. The predicted molar refractivity (Wildman–Crippen MR) is 115 cm³/mol. The highest BCUT2D eigenvalue weighted by Crippen LogP contribution is 2.31. The Morgan fingerprint density at radius 2 is 1.75 bits per heavy atom. The highest BCUT2D eigenvalue weighted by atomic mass is 35.5. The molecule has 0 aliphatic carbocycles. The number of ether oxygens (including phenoxy) is 2. The van der Waals surface area contributed by atoms with Crippen LogP contribution in [0.15, 0.2) is 48.5 Å². The monoisotopic (exact) mass is 406 g/mol. The lowest BCUT2D eigenvalue weighted by atomic mass is 9.86. The molecule has 0 saturated carbocycles. The SMILES string of the molecule is COc1cc(C(C)NC(=O)[C@@H](N)C(C)(C)C)ccc1OCc1ccccc1.Cl. The Labute approximate surface area is 174 Å². The number of methoxy groups -OCH3 is 1. The molecule has 154 valence electrons. The number of halogens is 1. The van der Waals surface area contributed by atoms with Crippen LogP contribution in [-0.2, 0) is 11.4 Å². The Hall–Kier alpha value is -2.24. The Morgan fingerprint density at radius 1 is 1.11 bits per heavy atom. The van der Waals surface area contributed by atoms with Gasteiger partial charge in [0, 0.05) is 0 Å². The quantitative estimate of drug-likeness (QED) is 0.720. The highest BCUT2D eigenvalue weighted by molar-refractivity contribution is 5.85. The van der Waals surface area contributed by atoms with E-state index in [0.717, 1.165) is 11.1 Å². The van der Waals surface area contributed by atoms with Crippen molar-refractivity contribution >= 4 is 18.3 Å². The maximum Gasteiger partial charge on any atom is 0.237 e. The lowest BCUT2D eigenvalue weighted by Gasteiger charge is -2.27. The molecule has 2 aromatic carbocycles. The fraction of sp³-hybridized carbons (Fsp3) is 0.409. The summed E-state index contributed by atoms with van der Waals surface area (Å²) in [6.45, 7) is 8.23. The minimum Gasteiger partial charge on any atom is -0.493 e. The van der Waals surface area contributed by atoms with E-state index in [1.165, 1.54) is 0 Å². The second-order valence-electron chi connectivity index (χ2n) is 7.76. The van der Waals surface area contributed by atoms with Crippen molar-refractivity contribution in [2.75, 3.05) is 7.11 Å². The Morgan fingerprint density at radius 3 is 2.32 bits per heavy atom. The Balaban J connectivity index is 0.00000392. The predicted octanol–water partition coefficient (Wildman–Crippen LogP) is 4.25. The summed E-state index contributed by atoms with van der Waals surface area (Å²) in [5.41, 5.74) is 7.75. The summed E-state index contributed by atoms with van der Waals surface area (Å²) < 4.78 is 11.3. The van der Waals surface area contributed by atoms with Gasteiger partial charge in [0.1, 0.15) is 6.61 Å². The molecule has 1 unspecified atom stereocenters. The number of benzene rings is 2. The van der Waals surface area contributed by atoms with E-state index in [1.807, 2.05) is 76.2 Å². The average molecular weight is 407 g/mol. The van der Waals surface area contributed by atoms with Gasteiger partial charge in [-0.2, -0.15) is 0 Å². The van der Waals surface area contributed by atoms with Crippen molar-refractivity contribution in [3.05, 3.63) is 59.7 Å². The molecule has 6 heteroatoms. The van der Waals surface area contributed by atoms with Crippen LogP contribution in [0.5, 0.6) is 11.5 Å². The first-order valence-electron chi connectivity index (χ1n) is 9.13. The molecular formula is C22H31ClN2O3. The number of carbonyl (C=O) groups excluding carboxylic acids is 1. The van der Waals surface area contributed by atoms with E-state index < -0.39 is 6.04 Å². The first kappa shape index (κ1) is 23.8. The summed E-state index contributed by atoms with van der Waals surface area (Å²) in [6.07, 6.45) is 0. The van der Waals surface area contributed by atoms with E-state index in [9.17, 15) is 4.79 Å². The minimum atomic E-state index is -0.574. The molecular weight excluding hydrogens is 376 g/mol. The van der Waals surface area contributed by atoms with Crippen LogP contribution in [0.4, 0.5) is 0 Å². The van der Waals surface area contributed by atoms with Gasteiger partial charge in [-0.15, -0.1) is 12.4 Å². The molecule has 0 aromatic heterocycles. The summed E-state index contributed by atoms with van der Waals surface area (Å²) in [5.74, 6) is 1.12. The molecule has 5 nitrogen and oxygen atoms in total. The number of hydrogen-bond acceptors (Lipinski definition) is 4. The van der Waals surface area contributed by atoms with Crippen molar-refractivity contribution in [3.8, 4) is 11.5 Å². The first-order chi connectivity index (χ1) is 12.7. The molecule has 2 aromatic rings. The van der Waals surface area contributed by atoms with Gasteiger partial charge < -0.3 is 20.5 Å². The maximum atomic E-state index is 12.4. The number of carbonyl (C=O) groups is 1. The smallest absolute Gasteiger partial charge is 0.237 e. The fourth-order valence-corrected chi connectivity index (χ4v) is 2.59. The lowest BCUT2D eigenvalue weighted by molar-refractivity contribution is -0.125. The lowest BCUT2D eigenvalue weighted by Crippen LogP contribution is -2.49. The molecule has 0 heterocycles. The summed E-state index contributed by atoms with van der Waals surface area (Å²) in [7, 11) is 1.60. The van der Waals surface area contributed by atoms with E-state index in [2.05, 4.69) is 5.32 Å². The Bertz CT molecular complexity index is 760. The van der Waals surface area contributed by atoms with Gasteiger partial charge in [0.15, 0.2) is 11.5 Å². The van der Waals surface area contributed by atoms with E-state index in [1.54, 1.807) is 7.11 Å². The van der Waals surface area contributed by atoms with Crippen molar-refractivity contribution in [1.29, 1.82) is 0 Å². The number of nitrogens with one attached hydrogen (secondary N) is 1. The molecule has 0 fully saturated rings. The average Bonchev–Trinajstić information content (AvgIpc) is 2.65. The molecule has 0 aliphatic rings. The zero-order valence-corrected chi connectivity index (χ0v) is 18.0. The molecule has 0 spiro atoms. The van der Waals surface area contributed by atoms with E-state index in [0.29, 0.717) is 18.1 Å². The van der Waals surface area contributed by atoms with Gasteiger partial charge >= 0.3 is 0 Å². The van der Waals surface area contributed by atoms with Gasteiger partial charge in [0.2, 0.25) is 5.91 Å². The van der Waals surface area contributed by atoms with Crippen LogP contribution in [0.2, 0.25) is 0 Å². The van der Waals surface area contributed by atoms with E-state index in [-0.39, 0.29) is 29.8 Å². The van der Waals surface area contributed by atoms with Gasteiger partial charge in [-0.1, -0.05) is 57.2 Å². The van der Waals surface area contributed by atoms with E-state index >= 15 is 0 Å². The second-order valence-corrected chi connectivity index (χ2v) is 7.76. The third kappa shape index (κ3) is 6.43. The van der Waals surface area contributed by atoms with Crippen molar-refractivity contribution in [1.82, 2.24) is 5.32 Å². The molecule has 3 N–H and O–H groups in total. The maximum absolute atomic E-state index is 12.4. The van der Waals surface area contributed by atoms with Gasteiger partial charge in [0.05, 0.1) is 19.2 Å². The van der Waals surface area contributed by atoms with Gasteiger partial charge in [0.25, 0.3) is 0 Å². The van der Waals surface area contributed by atoms with Crippen LogP contribution >= 0.6 is 12.4 Å². The molecule has 1 amide bonds. The highest BCUT2D eigenvalue weighted by Gasteiger charge is 2.28. The summed E-state index contributed by atoms with van der Waals surface area (Å²) in [4.78, 5) is 12.4. The van der Waals surface area contributed by atoms with Crippen molar-refractivity contribution < 1.29 is 14.3 Å². The summed E-state index contributed by atoms with van der Waals surface area (Å²) in [6, 6.07) is 14.9. The molecule has 28 heavy (non-hydrogen) atoms. The van der Waals surface area contributed by atoms with Crippen LogP contribution in [0.25, 0.3) is 0 Å². The Kier molecular flexibility index (Phi) is 8.79. The third-order valence-corrected chi connectivity index (χ3v) is 4.50. The van der Waals surface area contributed by atoms with Crippen LogP contribution in [0.1, 0.15) is 44.9 Å². The zero-order chi connectivity index (χ0) is 20.0.